The Bertz CT molecular complexity index is 769. The van der Waals surface area contributed by atoms with Crippen LogP contribution in [0.25, 0.3) is 0 Å². The topological polar surface area (TPSA) is 75.2 Å². The maximum Gasteiger partial charge on any atom is 0.422 e. The number of halogens is 3. The minimum Gasteiger partial charge on any atom is -0.493 e. The van der Waals surface area contributed by atoms with Gasteiger partial charge in [-0.1, -0.05) is 19.9 Å². The molecule has 2 rings (SSSR count). The van der Waals surface area contributed by atoms with E-state index in [1.807, 2.05) is 25.7 Å². The Morgan fingerprint density at radius 3 is 2.68 bits per heavy atom. The van der Waals surface area contributed by atoms with E-state index in [2.05, 4.69) is 15.6 Å². The lowest BCUT2D eigenvalue weighted by molar-refractivity contribution is -0.153. The van der Waals surface area contributed by atoms with Crippen molar-refractivity contribution in [2.45, 2.75) is 46.0 Å². The normalized spacial score (nSPS) is 17.1. The first-order chi connectivity index (χ1) is 14.6. The molecule has 1 amide bonds. The van der Waals surface area contributed by atoms with Crippen LogP contribution in [0.1, 0.15) is 32.8 Å². The molecule has 0 saturated carbocycles. The summed E-state index contributed by atoms with van der Waals surface area (Å²) >= 11 is 0. The Morgan fingerprint density at radius 1 is 1.32 bits per heavy atom. The second-order valence-corrected chi connectivity index (χ2v) is 7.65. The predicted molar refractivity (Wildman–Crippen MR) is 112 cm³/mol. The van der Waals surface area contributed by atoms with E-state index < -0.39 is 12.8 Å². The Balaban J connectivity index is 2.01. The van der Waals surface area contributed by atoms with E-state index in [0.29, 0.717) is 32.1 Å². The molecule has 1 heterocycles. The zero-order valence-electron chi connectivity index (χ0n) is 18.4. The Labute approximate surface area is 181 Å². The molecule has 1 fully saturated rings. The molecule has 1 aromatic rings. The van der Waals surface area contributed by atoms with Crippen LogP contribution in [0.2, 0.25) is 0 Å². The van der Waals surface area contributed by atoms with Gasteiger partial charge in [-0.05, 0) is 31.0 Å². The van der Waals surface area contributed by atoms with Gasteiger partial charge in [-0.2, -0.15) is 13.2 Å². The van der Waals surface area contributed by atoms with Crippen molar-refractivity contribution in [3.05, 3.63) is 23.8 Å². The summed E-state index contributed by atoms with van der Waals surface area (Å²) in [6.07, 6.45) is -3.59. The van der Waals surface area contributed by atoms with Crippen LogP contribution >= 0.6 is 0 Å². The van der Waals surface area contributed by atoms with Crippen molar-refractivity contribution in [1.29, 1.82) is 0 Å². The zero-order valence-corrected chi connectivity index (χ0v) is 18.4. The first-order valence-corrected chi connectivity index (χ1v) is 10.3. The lowest BCUT2D eigenvalue weighted by atomic mass is 10.2. The molecule has 0 bridgehead atoms. The van der Waals surface area contributed by atoms with Crippen molar-refractivity contribution in [3.8, 4) is 11.5 Å². The van der Waals surface area contributed by atoms with Gasteiger partial charge >= 0.3 is 6.18 Å². The summed E-state index contributed by atoms with van der Waals surface area (Å²) in [6, 6.07) is 4.81. The number of nitrogens with one attached hydrogen (secondary N) is 2. The average Bonchev–Trinajstić information content (AvgIpc) is 3.18. The third kappa shape index (κ3) is 7.84. The molecule has 0 spiro atoms. The van der Waals surface area contributed by atoms with Gasteiger partial charge in [0.2, 0.25) is 5.91 Å². The number of methoxy groups -OCH3 is 1. The number of nitrogens with zero attached hydrogens (tertiary/aromatic N) is 2. The van der Waals surface area contributed by atoms with Crippen LogP contribution < -0.4 is 20.1 Å². The van der Waals surface area contributed by atoms with Crippen molar-refractivity contribution < 1.29 is 27.4 Å². The molecule has 0 aliphatic carbocycles. The van der Waals surface area contributed by atoms with Gasteiger partial charge < -0.3 is 25.0 Å². The number of carbonyl (C=O) groups is 1. The van der Waals surface area contributed by atoms with E-state index in [4.69, 9.17) is 9.47 Å². The maximum atomic E-state index is 12.4. The summed E-state index contributed by atoms with van der Waals surface area (Å²) in [6.45, 7) is 6.66. The number of rotatable bonds is 8. The monoisotopic (exact) mass is 444 g/mol. The largest absolute Gasteiger partial charge is 0.493 e. The first kappa shape index (κ1) is 24.6. The van der Waals surface area contributed by atoms with Crippen molar-refractivity contribution in [2.24, 2.45) is 10.9 Å². The first-order valence-electron chi connectivity index (χ1n) is 10.3. The van der Waals surface area contributed by atoms with Gasteiger partial charge in [0, 0.05) is 31.6 Å². The molecule has 7 nitrogen and oxygen atoms in total. The molecule has 1 unspecified atom stereocenters. The second kappa shape index (κ2) is 11.1. The van der Waals surface area contributed by atoms with Crippen LogP contribution in [0.15, 0.2) is 23.2 Å². The number of aliphatic imine (C=N–C) groups is 1. The fourth-order valence-corrected chi connectivity index (χ4v) is 3.22. The van der Waals surface area contributed by atoms with E-state index in [1.165, 1.54) is 13.2 Å². The quantitative estimate of drug-likeness (QED) is 0.476. The van der Waals surface area contributed by atoms with Crippen LogP contribution in [0, 0.1) is 5.92 Å². The number of likely N-dealkylation sites (tertiary alicyclic amines) is 1. The highest BCUT2D eigenvalue weighted by Gasteiger charge is 2.29. The van der Waals surface area contributed by atoms with Crippen molar-refractivity contribution >= 4 is 11.9 Å². The second-order valence-electron chi connectivity index (χ2n) is 7.65. The lowest BCUT2D eigenvalue weighted by Gasteiger charge is -2.20. The van der Waals surface area contributed by atoms with E-state index in [-0.39, 0.29) is 29.4 Å². The van der Waals surface area contributed by atoms with Crippen LogP contribution in [-0.2, 0) is 11.3 Å². The third-order valence-corrected chi connectivity index (χ3v) is 4.72. The fraction of sp³-hybridized carbons (Fsp3) is 0.619. The fourth-order valence-electron chi connectivity index (χ4n) is 3.22. The van der Waals surface area contributed by atoms with Crippen molar-refractivity contribution in [1.82, 2.24) is 15.5 Å². The van der Waals surface area contributed by atoms with Gasteiger partial charge in [-0.15, -0.1) is 0 Å². The van der Waals surface area contributed by atoms with Gasteiger partial charge in [0.05, 0.1) is 13.7 Å². The van der Waals surface area contributed by atoms with E-state index in [9.17, 15) is 18.0 Å². The molecule has 31 heavy (non-hydrogen) atoms. The van der Waals surface area contributed by atoms with Gasteiger partial charge in [-0.3, -0.25) is 4.79 Å². The van der Waals surface area contributed by atoms with Crippen LogP contribution in [0.4, 0.5) is 13.2 Å². The predicted octanol–water partition coefficient (Wildman–Crippen LogP) is 2.95. The molecule has 174 valence electrons. The minimum atomic E-state index is -4.42. The highest BCUT2D eigenvalue weighted by molar-refractivity contribution is 5.81. The molecule has 0 radical (unpaired) electrons. The smallest absolute Gasteiger partial charge is 0.422 e. The summed E-state index contributed by atoms with van der Waals surface area (Å²) in [7, 11) is 1.37. The van der Waals surface area contributed by atoms with E-state index in [1.54, 1.807) is 12.1 Å². The number of carbonyl (C=O) groups excluding carboxylic acids is 1. The van der Waals surface area contributed by atoms with Crippen LogP contribution in [-0.4, -0.2) is 62.3 Å². The van der Waals surface area contributed by atoms with Gasteiger partial charge in [0.25, 0.3) is 0 Å². The van der Waals surface area contributed by atoms with Crippen LogP contribution in [0.3, 0.4) is 0 Å². The van der Waals surface area contributed by atoms with Crippen LogP contribution in [0.5, 0.6) is 11.5 Å². The number of amides is 1. The SMILES string of the molecule is CCNC(=NCc1ccc(OCC(F)(F)F)c(OC)c1)NC1CCN(C(=O)C(C)C)C1. The molecule has 1 aliphatic rings. The molecule has 1 atom stereocenters. The summed E-state index contributed by atoms with van der Waals surface area (Å²) in [5.74, 6) is 0.972. The van der Waals surface area contributed by atoms with E-state index in [0.717, 1.165) is 12.0 Å². The van der Waals surface area contributed by atoms with Gasteiger partial charge in [-0.25, -0.2) is 4.99 Å². The molecule has 1 aliphatic heterocycles. The summed E-state index contributed by atoms with van der Waals surface area (Å²) in [5.41, 5.74) is 0.761. The number of guanidine groups is 1. The van der Waals surface area contributed by atoms with Crippen molar-refractivity contribution in [3.63, 3.8) is 0 Å². The Morgan fingerprint density at radius 2 is 2.06 bits per heavy atom. The lowest BCUT2D eigenvalue weighted by Crippen LogP contribution is -2.45. The summed E-state index contributed by atoms with van der Waals surface area (Å²) in [5, 5.41) is 6.53. The van der Waals surface area contributed by atoms with Gasteiger partial charge in [0.1, 0.15) is 0 Å². The average molecular weight is 444 g/mol. The summed E-state index contributed by atoms with van der Waals surface area (Å²) in [4.78, 5) is 18.6. The number of ether oxygens (including phenoxy) is 2. The number of hydrogen-bond donors (Lipinski definition) is 2. The third-order valence-electron chi connectivity index (χ3n) is 4.72. The number of hydrogen-bond acceptors (Lipinski definition) is 4. The maximum absolute atomic E-state index is 12.4. The molecule has 0 aromatic heterocycles. The zero-order chi connectivity index (χ0) is 23.0. The molecule has 1 aromatic carbocycles. The van der Waals surface area contributed by atoms with Crippen molar-refractivity contribution in [2.75, 3.05) is 33.4 Å². The molecular weight excluding hydrogens is 413 g/mol. The van der Waals surface area contributed by atoms with E-state index >= 15 is 0 Å². The molecule has 2 N–H and O–H groups in total. The van der Waals surface area contributed by atoms with Gasteiger partial charge in [0.15, 0.2) is 24.1 Å². The standard InChI is InChI=1S/C21H31F3N4O3/c1-5-25-20(27-16-8-9-28(12-16)19(29)14(2)3)26-11-15-6-7-17(18(10-15)30-4)31-13-21(22,23)24/h6-7,10,14,16H,5,8-9,11-13H2,1-4H3,(H2,25,26,27). The Kier molecular flexibility index (Phi) is 8.82. The highest BCUT2D eigenvalue weighted by Crippen LogP contribution is 2.30. The Hall–Kier alpha value is -2.65. The summed E-state index contributed by atoms with van der Waals surface area (Å²) < 4.78 is 47.1. The minimum absolute atomic E-state index is 0.0263. The number of alkyl halides is 3. The molecule has 1 saturated heterocycles. The molecular formula is C21H31F3N4O3. The highest BCUT2D eigenvalue weighted by atomic mass is 19.4. The molecule has 10 heteroatoms. The number of benzene rings is 1.